The van der Waals surface area contributed by atoms with Gasteiger partial charge in [-0.15, -0.1) is 0 Å². The minimum atomic E-state index is -0.681. The molecular weight excluding hydrogens is 220 g/mol. The third-order valence-electron chi connectivity index (χ3n) is 3.05. The van der Waals surface area contributed by atoms with E-state index in [4.69, 9.17) is 14.6 Å². The van der Waals surface area contributed by atoms with E-state index in [2.05, 4.69) is 0 Å². The van der Waals surface area contributed by atoms with Crippen molar-refractivity contribution >= 4 is 5.97 Å². The number of rotatable bonds is 9. The van der Waals surface area contributed by atoms with E-state index in [1.165, 1.54) is 19.3 Å². The maximum Gasteiger partial charge on any atom is 0.303 e. The number of hydrogen-bond donors (Lipinski definition) is 1. The molecule has 0 aromatic carbocycles. The first kappa shape index (κ1) is 14.5. The van der Waals surface area contributed by atoms with E-state index in [1.54, 1.807) is 0 Å². The van der Waals surface area contributed by atoms with Crippen molar-refractivity contribution in [3.63, 3.8) is 0 Å². The molecular formula is C13H24O4. The lowest BCUT2D eigenvalue weighted by atomic mass is 10.1. The summed E-state index contributed by atoms with van der Waals surface area (Å²) < 4.78 is 10.9. The first-order valence-corrected chi connectivity index (χ1v) is 6.70. The lowest BCUT2D eigenvalue weighted by Gasteiger charge is -2.22. The van der Waals surface area contributed by atoms with Gasteiger partial charge in [-0.1, -0.05) is 32.1 Å². The second-order valence-corrected chi connectivity index (χ2v) is 4.62. The van der Waals surface area contributed by atoms with Gasteiger partial charge in [-0.3, -0.25) is 4.79 Å². The molecule has 0 spiro atoms. The molecule has 1 fully saturated rings. The fourth-order valence-electron chi connectivity index (χ4n) is 2.06. The Hall–Kier alpha value is -0.610. The quantitative estimate of drug-likeness (QED) is 0.633. The number of unbranched alkanes of at least 4 members (excludes halogenated alkanes) is 5. The van der Waals surface area contributed by atoms with Crippen LogP contribution >= 0.6 is 0 Å². The number of aliphatic carboxylic acids is 1. The summed E-state index contributed by atoms with van der Waals surface area (Å²) in [5.41, 5.74) is 0. The second-order valence-electron chi connectivity index (χ2n) is 4.62. The Morgan fingerprint density at radius 3 is 2.41 bits per heavy atom. The molecule has 0 radical (unpaired) electrons. The zero-order chi connectivity index (χ0) is 12.3. The minimum Gasteiger partial charge on any atom is -0.481 e. The van der Waals surface area contributed by atoms with Crippen molar-refractivity contribution in [2.75, 3.05) is 19.8 Å². The van der Waals surface area contributed by atoms with E-state index < -0.39 is 5.97 Å². The van der Waals surface area contributed by atoms with Gasteiger partial charge in [0.05, 0.1) is 25.9 Å². The number of carbonyl (C=O) groups is 1. The Labute approximate surface area is 103 Å². The van der Waals surface area contributed by atoms with E-state index in [9.17, 15) is 4.79 Å². The fraction of sp³-hybridized carbons (Fsp3) is 0.923. The van der Waals surface area contributed by atoms with Gasteiger partial charge < -0.3 is 14.6 Å². The monoisotopic (exact) mass is 244 g/mol. The molecule has 1 atom stereocenters. The molecule has 100 valence electrons. The highest BCUT2D eigenvalue weighted by atomic mass is 16.6. The summed E-state index contributed by atoms with van der Waals surface area (Å²) in [5, 5.41) is 8.47. The first-order chi connectivity index (χ1) is 8.29. The van der Waals surface area contributed by atoms with Crippen molar-refractivity contribution in [1.29, 1.82) is 0 Å². The summed E-state index contributed by atoms with van der Waals surface area (Å²) >= 11 is 0. The van der Waals surface area contributed by atoms with Gasteiger partial charge in [0.1, 0.15) is 0 Å². The topological polar surface area (TPSA) is 55.8 Å². The lowest BCUT2D eigenvalue weighted by Crippen LogP contribution is -2.28. The Kier molecular flexibility index (Phi) is 8.01. The maximum absolute atomic E-state index is 10.3. The smallest absolute Gasteiger partial charge is 0.303 e. The molecule has 0 aromatic rings. The Bertz CT molecular complexity index is 200. The molecule has 0 saturated carbocycles. The van der Waals surface area contributed by atoms with Crippen molar-refractivity contribution in [2.45, 2.75) is 57.5 Å². The van der Waals surface area contributed by atoms with Crippen molar-refractivity contribution in [3.05, 3.63) is 0 Å². The summed E-state index contributed by atoms with van der Waals surface area (Å²) in [4.78, 5) is 10.3. The molecule has 1 aliphatic heterocycles. The Balaban J connectivity index is 1.79. The van der Waals surface area contributed by atoms with E-state index in [1.807, 2.05) is 0 Å². The molecule has 1 N–H and O–H groups in total. The first-order valence-electron chi connectivity index (χ1n) is 6.70. The van der Waals surface area contributed by atoms with Crippen molar-refractivity contribution in [3.8, 4) is 0 Å². The lowest BCUT2D eigenvalue weighted by molar-refractivity contribution is -0.137. The van der Waals surface area contributed by atoms with Gasteiger partial charge in [0.15, 0.2) is 0 Å². The zero-order valence-corrected chi connectivity index (χ0v) is 10.5. The van der Waals surface area contributed by atoms with Gasteiger partial charge in [0, 0.05) is 6.42 Å². The van der Waals surface area contributed by atoms with E-state index in [0.29, 0.717) is 12.5 Å². The Morgan fingerprint density at radius 2 is 1.76 bits per heavy atom. The zero-order valence-electron chi connectivity index (χ0n) is 10.5. The van der Waals surface area contributed by atoms with Crippen LogP contribution in [0.2, 0.25) is 0 Å². The van der Waals surface area contributed by atoms with Gasteiger partial charge in [-0.25, -0.2) is 0 Å². The largest absolute Gasteiger partial charge is 0.481 e. The average Bonchev–Trinajstić information content (AvgIpc) is 2.33. The van der Waals surface area contributed by atoms with Crippen LogP contribution in [0.5, 0.6) is 0 Å². The standard InChI is InChI=1S/C13H24O4/c14-13(15)8-6-4-2-1-3-5-7-12-11-16-9-10-17-12/h12H,1-11H2,(H,14,15). The van der Waals surface area contributed by atoms with Crippen LogP contribution in [-0.4, -0.2) is 37.0 Å². The van der Waals surface area contributed by atoms with Crippen molar-refractivity contribution in [2.24, 2.45) is 0 Å². The van der Waals surface area contributed by atoms with Crippen LogP contribution in [0.3, 0.4) is 0 Å². The number of carboxylic acids is 1. The summed E-state index contributed by atoms with van der Waals surface area (Å²) in [5.74, 6) is -0.681. The van der Waals surface area contributed by atoms with Crippen LogP contribution in [-0.2, 0) is 14.3 Å². The molecule has 17 heavy (non-hydrogen) atoms. The van der Waals surface area contributed by atoms with Gasteiger partial charge in [-0.05, 0) is 12.8 Å². The van der Waals surface area contributed by atoms with Crippen LogP contribution in [0.1, 0.15) is 51.4 Å². The molecule has 1 saturated heterocycles. The van der Waals surface area contributed by atoms with Gasteiger partial charge in [-0.2, -0.15) is 0 Å². The van der Waals surface area contributed by atoms with Gasteiger partial charge in [0.25, 0.3) is 0 Å². The van der Waals surface area contributed by atoms with Crippen LogP contribution in [0.15, 0.2) is 0 Å². The highest BCUT2D eigenvalue weighted by Gasteiger charge is 2.13. The molecule has 1 rings (SSSR count). The summed E-state index contributed by atoms with van der Waals surface area (Å²) in [6.45, 7) is 2.22. The molecule has 0 bridgehead atoms. The summed E-state index contributed by atoms with van der Waals surface area (Å²) in [6.07, 6.45) is 8.31. The van der Waals surface area contributed by atoms with Crippen LogP contribution in [0.4, 0.5) is 0 Å². The SMILES string of the molecule is O=C(O)CCCCCCCCC1COCCO1. The highest BCUT2D eigenvalue weighted by molar-refractivity contribution is 5.66. The highest BCUT2D eigenvalue weighted by Crippen LogP contribution is 2.13. The predicted molar refractivity (Wildman–Crippen MR) is 65.1 cm³/mol. The van der Waals surface area contributed by atoms with Gasteiger partial charge in [0.2, 0.25) is 0 Å². The second kappa shape index (κ2) is 9.42. The van der Waals surface area contributed by atoms with Crippen molar-refractivity contribution < 1.29 is 19.4 Å². The van der Waals surface area contributed by atoms with E-state index in [-0.39, 0.29) is 0 Å². The third kappa shape index (κ3) is 8.16. The summed E-state index contributed by atoms with van der Waals surface area (Å²) in [6, 6.07) is 0. The normalized spacial score (nSPS) is 20.4. The molecule has 4 nitrogen and oxygen atoms in total. The Morgan fingerprint density at radius 1 is 1.06 bits per heavy atom. The number of ether oxygens (including phenoxy) is 2. The average molecular weight is 244 g/mol. The molecule has 1 heterocycles. The number of carboxylic acid groups (broad SMARTS) is 1. The molecule has 0 aromatic heterocycles. The van der Waals surface area contributed by atoms with Crippen LogP contribution in [0.25, 0.3) is 0 Å². The van der Waals surface area contributed by atoms with E-state index >= 15 is 0 Å². The molecule has 1 aliphatic rings. The third-order valence-corrected chi connectivity index (χ3v) is 3.05. The van der Waals surface area contributed by atoms with Crippen LogP contribution < -0.4 is 0 Å². The van der Waals surface area contributed by atoms with E-state index in [0.717, 1.165) is 45.5 Å². The molecule has 4 heteroatoms. The molecule has 1 unspecified atom stereocenters. The van der Waals surface area contributed by atoms with Gasteiger partial charge >= 0.3 is 5.97 Å². The predicted octanol–water partition coefficient (Wildman–Crippen LogP) is 2.61. The summed E-state index contributed by atoms with van der Waals surface area (Å²) in [7, 11) is 0. The molecule has 0 amide bonds. The maximum atomic E-state index is 10.3. The minimum absolute atomic E-state index is 0.302. The van der Waals surface area contributed by atoms with Crippen molar-refractivity contribution in [1.82, 2.24) is 0 Å². The van der Waals surface area contributed by atoms with Crippen LogP contribution in [0, 0.1) is 0 Å². The fourth-order valence-corrected chi connectivity index (χ4v) is 2.06. The molecule has 0 aliphatic carbocycles. The number of hydrogen-bond acceptors (Lipinski definition) is 3.